The molecule has 110 valence electrons. The summed E-state index contributed by atoms with van der Waals surface area (Å²) in [6, 6.07) is 0.545. The number of aryl methyl sites for hydroxylation is 2. The second-order valence-corrected chi connectivity index (χ2v) is 6.41. The minimum atomic E-state index is 0.545. The van der Waals surface area contributed by atoms with E-state index in [0.717, 1.165) is 31.0 Å². The highest BCUT2D eigenvalue weighted by atomic mass is 79.9. The van der Waals surface area contributed by atoms with Crippen LogP contribution in [0.3, 0.4) is 0 Å². The fourth-order valence-electron chi connectivity index (χ4n) is 2.37. The SMILES string of the molecule is CCNC(CCC(C)C)Cc1c(Br)c(CC)nn1C. The first-order valence-corrected chi connectivity index (χ1v) is 8.22. The number of nitrogens with one attached hydrogen (secondary N) is 1. The molecule has 1 unspecified atom stereocenters. The average molecular weight is 330 g/mol. The topological polar surface area (TPSA) is 29.9 Å². The van der Waals surface area contributed by atoms with Gasteiger partial charge in [-0.25, -0.2) is 0 Å². The normalized spacial score (nSPS) is 13.2. The van der Waals surface area contributed by atoms with Crippen molar-refractivity contribution < 1.29 is 0 Å². The smallest absolute Gasteiger partial charge is 0.0766 e. The second kappa shape index (κ2) is 8.05. The van der Waals surface area contributed by atoms with Gasteiger partial charge in [0.25, 0.3) is 0 Å². The Balaban J connectivity index is 2.75. The Morgan fingerprint density at radius 2 is 1.95 bits per heavy atom. The van der Waals surface area contributed by atoms with E-state index in [-0.39, 0.29) is 0 Å². The van der Waals surface area contributed by atoms with Crippen LogP contribution in [0.4, 0.5) is 0 Å². The van der Waals surface area contributed by atoms with Crippen molar-refractivity contribution in [3.05, 3.63) is 15.9 Å². The zero-order chi connectivity index (χ0) is 14.4. The van der Waals surface area contributed by atoms with Gasteiger partial charge in [-0.15, -0.1) is 0 Å². The highest BCUT2D eigenvalue weighted by Gasteiger charge is 2.17. The van der Waals surface area contributed by atoms with Gasteiger partial charge in [0.05, 0.1) is 15.9 Å². The van der Waals surface area contributed by atoms with Crippen LogP contribution in [-0.4, -0.2) is 22.4 Å². The van der Waals surface area contributed by atoms with Crippen LogP contribution in [0.1, 0.15) is 51.9 Å². The summed E-state index contributed by atoms with van der Waals surface area (Å²) >= 11 is 3.71. The van der Waals surface area contributed by atoms with Gasteiger partial charge >= 0.3 is 0 Å². The van der Waals surface area contributed by atoms with Crippen molar-refractivity contribution in [1.29, 1.82) is 0 Å². The van der Waals surface area contributed by atoms with Crippen molar-refractivity contribution in [3.8, 4) is 0 Å². The fourth-order valence-corrected chi connectivity index (χ4v) is 3.15. The minimum Gasteiger partial charge on any atom is -0.314 e. The predicted octanol–water partition coefficient (Wildman–Crippen LogP) is 3.70. The summed E-state index contributed by atoms with van der Waals surface area (Å²) in [5, 5.41) is 8.19. The number of hydrogen-bond acceptors (Lipinski definition) is 2. The third-order valence-corrected chi connectivity index (χ3v) is 4.44. The standard InChI is InChI=1S/C15H28BrN3/c1-6-13-15(16)14(19(5)18-13)10-12(17-7-2)9-8-11(3)4/h11-12,17H,6-10H2,1-5H3. The Labute approximate surface area is 126 Å². The molecule has 1 heterocycles. The van der Waals surface area contributed by atoms with Gasteiger partial charge in [-0.2, -0.15) is 5.10 Å². The Hall–Kier alpha value is -0.350. The van der Waals surface area contributed by atoms with Crippen LogP contribution in [0.15, 0.2) is 4.47 Å². The molecule has 1 N–H and O–H groups in total. The summed E-state index contributed by atoms with van der Waals surface area (Å²) in [7, 11) is 2.05. The fraction of sp³-hybridized carbons (Fsp3) is 0.800. The summed E-state index contributed by atoms with van der Waals surface area (Å²) < 4.78 is 3.23. The van der Waals surface area contributed by atoms with Gasteiger partial charge in [0, 0.05) is 19.5 Å². The van der Waals surface area contributed by atoms with E-state index in [9.17, 15) is 0 Å². The van der Waals surface area contributed by atoms with Crippen LogP contribution in [0.25, 0.3) is 0 Å². The molecule has 1 aromatic heterocycles. The Bertz CT molecular complexity index is 385. The summed E-state index contributed by atoms with van der Waals surface area (Å²) in [6.45, 7) is 9.94. The van der Waals surface area contributed by atoms with Gasteiger partial charge in [0.1, 0.15) is 0 Å². The van der Waals surface area contributed by atoms with Crippen molar-refractivity contribution in [1.82, 2.24) is 15.1 Å². The minimum absolute atomic E-state index is 0.545. The molecule has 0 aliphatic heterocycles. The third kappa shape index (κ3) is 4.92. The summed E-state index contributed by atoms with van der Waals surface area (Å²) in [5.74, 6) is 0.766. The number of likely N-dealkylation sites (N-methyl/N-ethyl adjacent to an activating group) is 1. The van der Waals surface area contributed by atoms with Crippen molar-refractivity contribution >= 4 is 15.9 Å². The molecule has 0 amide bonds. The van der Waals surface area contributed by atoms with E-state index in [4.69, 9.17) is 0 Å². The van der Waals surface area contributed by atoms with Gasteiger partial charge in [-0.3, -0.25) is 4.68 Å². The van der Waals surface area contributed by atoms with Crippen molar-refractivity contribution in [2.45, 2.75) is 59.4 Å². The number of aromatic nitrogens is 2. The molecule has 1 aromatic rings. The molecule has 0 saturated carbocycles. The van der Waals surface area contributed by atoms with E-state index in [1.54, 1.807) is 0 Å². The first-order valence-electron chi connectivity index (χ1n) is 7.43. The second-order valence-electron chi connectivity index (χ2n) is 5.61. The average Bonchev–Trinajstić information content (AvgIpc) is 2.63. The number of halogens is 1. The molecular weight excluding hydrogens is 302 g/mol. The number of hydrogen-bond donors (Lipinski definition) is 1. The Morgan fingerprint density at radius 3 is 2.42 bits per heavy atom. The van der Waals surface area contributed by atoms with Crippen molar-refractivity contribution in [2.75, 3.05) is 6.54 Å². The van der Waals surface area contributed by atoms with Gasteiger partial charge < -0.3 is 5.32 Å². The van der Waals surface area contributed by atoms with Gasteiger partial charge in [0.15, 0.2) is 0 Å². The highest BCUT2D eigenvalue weighted by molar-refractivity contribution is 9.10. The van der Waals surface area contributed by atoms with Crippen LogP contribution in [-0.2, 0) is 19.9 Å². The van der Waals surface area contributed by atoms with Gasteiger partial charge in [-0.05, 0) is 47.7 Å². The van der Waals surface area contributed by atoms with Crippen LogP contribution in [0.2, 0.25) is 0 Å². The molecule has 0 aliphatic rings. The molecule has 0 radical (unpaired) electrons. The van der Waals surface area contributed by atoms with E-state index in [0.29, 0.717) is 6.04 Å². The molecule has 0 bridgehead atoms. The van der Waals surface area contributed by atoms with Crippen LogP contribution >= 0.6 is 15.9 Å². The lowest BCUT2D eigenvalue weighted by molar-refractivity contribution is 0.427. The maximum atomic E-state index is 4.58. The number of rotatable bonds is 8. The predicted molar refractivity (Wildman–Crippen MR) is 85.5 cm³/mol. The third-order valence-electron chi connectivity index (χ3n) is 3.53. The first-order chi connectivity index (χ1) is 8.99. The first kappa shape index (κ1) is 16.7. The highest BCUT2D eigenvalue weighted by Crippen LogP contribution is 2.23. The molecular formula is C15H28BrN3. The monoisotopic (exact) mass is 329 g/mol. The van der Waals surface area contributed by atoms with E-state index in [1.807, 2.05) is 11.7 Å². The van der Waals surface area contributed by atoms with Crippen LogP contribution < -0.4 is 5.32 Å². The number of nitrogens with zero attached hydrogens (tertiary/aromatic N) is 2. The molecule has 0 saturated heterocycles. The lowest BCUT2D eigenvalue weighted by atomic mass is 10.00. The molecule has 0 spiro atoms. The van der Waals surface area contributed by atoms with E-state index in [1.165, 1.54) is 23.0 Å². The molecule has 0 aliphatic carbocycles. The lowest BCUT2D eigenvalue weighted by Gasteiger charge is -2.19. The molecule has 1 rings (SSSR count). The zero-order valence-corrected chi connectivity index (χ0v) is 14.5. The molecule has 0 aromatic carbocycles. The molecule has 1 atom stereocenters. The maximum absolute atomic E-state index is 4.58. The van der Waals surface area contributed by atoms with Crippen LogP contribution in [0, 0.1) is 5.92 Å². The molecule has 4 heteroatoms. The van der Waals surface area contributed by atoms with Crippen LogP contribution in [0.5, 0.6) is 0 Å². The molecule has 3 nitrogen and oxygen atoms in total. The van der Waals surface area contributed by atoms with Gasteiger partial charge in [0.2, 0.25) is 0 Å². The Morgan fingerprint density at radius 1 is 1.26 bits per heavy atom. The van der Waals surface area contributed by atoms with E-state index < -0.39 is 0 Å². The van der Waals surface area contributed by atoms with Gasteiger partial charge in [-0.1, -0.05) is 27.7 Å². The van der Waals surface area contributed by atoms with Crippen molar-refractivity contribution in [3.63, 3.8) is 0 Å². The van der Waals surface area contributed by atoms with Crippen molar-refractivity contribution in [2.24, 2.45) is 13.0 Å². The molecule has 0 fully saturated rings. The lowest BCUT2D eigenvalue weighted by Crippen LogP contribution is -2.32. The van der Waals surface area contributed by atoms with E-state index in [2.05, 4.69) is 54.0 Å². The zero-order valence-electron chi connectivity index (χ0n) is 13.0. The summed E-state index contributed by atoms with van der Waals surface area (Å²) in [6.07, 6.45) is 4.52. The van der Waals surface area contributed by atoms with E-state index >= 15 is 0 Å². The quantitative estimate of drug-likeness (QED) is 0.788. The molecule has 19 heavy (non-hydrogen) atoms. The summed E-state index contributed by atoms with van der Waals surface area (Å²) in [4.78, 5) is 0. The maximum Gasteiger partial charge on any atom is 0.0766 e. The largest absolute Gasteiger partial charge is 0.314 e. The Kier molecular flexibility index (Phi) is 7.08. The summed E-state index contributed by atoms with van der Waals surface area (Å²) in [5.41, 5.74) is 2.48.